The topological polar surface area (TPSA) is 64.6 Å². The lowest BCUT2D eigenvalue weighted by atomic mass is 9.70. The van der Waals surface area contributed by atoms with Gasteiger partial charge in [-0.1, -0.05) is 27.4 Å². The summed E-state index contributed by atoms with van der Waals surface area (Å²) in [6, 6.07) is 0. The van der Waals surface area contributed by atoms with Crippen LogP contribution in [0.2, 0.25) is 0 Å². The minimum absolute atomic E-state index is 0.0285. The predicted octanol–water partition coefficient (Wildman–Crippen LogP) is 3.05. The van der Waals surface area contributed by atoms with Gasteiger partial charge in [0.2, 0.25) is 0 Å². The molecule has 1 amide bonds. The third kappa shape index (κ3) is 2.85. The summed E-state index contributed by atoms with van der Waals surface area (Å²) in [6.07, 6.45) is 2.82. The van der Waals surface area contributed by atoms with Crippen LogP contribution in [-0.2, 0) is 14.3 Å². The number of rotatable bonds is 5. The van der Waals surface area contributed by atoms with Gasteiger partial charge >= 0.3 is 12.1 Å². The van der Waals surface area contributed by atoms with Crippen molar-refractivity contribution in [3.63, 3.8) is 0 Å². The zero-order valence-electron chi connectivity index (χ0n) is 14.0. The van der Waals surface area contributed by atoms with E-state index in [1.165, 1.54) is 6.42 Å². The molecule has 3 atom stereocenters. The van der Waals surface area contributed by atoms with E-state index in [0.29, 0.717) is 11.5 Å². The number of fused-ring (bicyclic) bond motifs is 2. The molecule has 2 fully saturated rings. The summed E-state index contributed by atoms with van der Waals surface area (Å²) in [4.78, 5) is 23.1. The first-order valence-electron chi connectivity index (χ1n) is 7.95. The fourth-order valence-electron chi connectivity index (χ4n) is 3.90. The Bertz CT molecular complexity index is 485. The molecular weight excluding hydrogens is 282 g/mol. The van der Waals surface area contributed by atoms with Gasteiger partial charge < -0.3 is 14.8 Å². The van der Waals surface area contributed by atoms with Gasteiger partial charge in [0.25, 0.3) is 0 Å². The van der Waals surface area contributed by atoms with Crippen LogP contribution < -0.4 is 5.32 Å². The third-order valence-electron chi connectivity index (χ3n) is 5.92. The lowest BCUT2D eigenvalue weighted by Gasteiger charge is -2.38. The van der Waals surface area contributed by atoms with Crippen molar-refractivity contribution in [1.29, 1.82) is 0 Å². The highest BCUT2D eigenvalue weighted by atomic mass is 16.6. The number of nitrogens with one attached hydrogen (secondary N) is 1. The molecule has 124 valence electrons. The maximum absolute atomic E-state index is 11.9. The Balaban J connectivity index is 1.75. The van der Waals surface area contributed by atoms with Gasteiger partial charge in [0.05, 0.1) is 6.54 Å². The van der Waals surface area contributed by atoms with Gasteiger partial charge in [-0.2, -0.15) is 0 Å². The molecule has 2 saturated carbocycles. The van der Waals surface area contributed by atoms with Gasteiger partial charge in [0, 0.05) is 11.0 Å². The second kappa shape index (κ2) is 5.94. The van der Waals surface area contributed by atoms with Gasteiger partial charge in [0.1, 0.15) is 12.7 Å². The first-order valence-corrected chi connectivity index (χ1v) is 7.95. The number of amides is 1. The van der Waals surface area contributed by atoms with Gasteiger partial charge in [-0.3, -0.25) is 0 Å². The minimum atomic E-state index is -0.447. The van der Waals surface area contributed by atoms with Crippen molar-refractivity contribution in [3.05, 3.63) is 12.2 Å². The molecule has 2 rings (SSSR count). The Labute approximate surface area is 132 Å². The lowest BCUT2D eigenvalue weighted by Crippen LogP contribution is -2.41. The molecule has 0 aromatic carbocycles. The van der Waals surface area contributed by atoms with E-state index < -0.39 is 12.1 Å². The summed E-state index contributed by atoms with van der Waals surface area (Å²) < 4.78 is 10.5. The van der Waals surface area contributed by atoms with E-state index in [9.17, 15) is 9.59 Å². The molecule has 0 radical (unpaired) electrons. The number of alkyl carbamates (subject to hydrolysis) is 1. The Morgan fingerprint density at radius 1 is 1.32 bits per heavy atom. The van der Waals surface area contributed by atoms with Crippen LogP contribution in [0, 0.1) is 16.7 Å². The van der Waals surface area contributed by atoms with Crippen LogP contribution in [0.25, 0.3) is 0 Å². The third-order valence-corrected chi connectivity index (χ3v) is 5.92. The largest absolute Gasteiger partial charge is 0.460 e. The van der Waals surface area contributed by atoms with Crippen LogP contribution in [0.4, 0.5) is 4.79 Å². The van der Waals surface area contributed by atoms with Crippen molar-refractivity contribution in [3.8, 4) is 0 Å². The molecule has 0 spiro atoms. The highest BCUT2D eigenvalue weighted by Gasteiger charge is 2.62. The summed E-state index contributed by atoms with van der Waals surface area (Å²) in [7, 11) is 0. The first kappa shape index (κ1) is 16.8. The number of esters is 1. The molecule has 0 aliphatic heterocycles. The van der Waals surface area contributed by atoms with E-state index in [1.54, 1.807) is 6.92 Å². The average Bonchev–Trinajstić information content (AvgIpc) is 2.76. The molecule has 0 saturated heterocycles. The van der Waals surface area contributed by atoms with Crippen molar-refractivity contribution in [1.82, 2.24) is 5.32 Å². The lowest BCUT2D eigenvalue weighted by molar-refractivity contribution is -0.138. The zero-order valence-corrected chi connectivity index (χ0v) is 14.0. The van der Waals surface area contributed by atoms with E-state index in [0.717, 1.165) is 12.8 Å². The fraction of sp³-hybridized carbons (Fsp3) is 0.765. The molecule has 22 heavy (non-hydrogen) atoms. The van der Waals surface area contributed by atoms with Crippen molar-refractivity contribution >= 4 is 12.1 Å². The maximum atomic E-state index is 11.9. The highest BCUT2D eigenvalue weighted by molar-refractivity contribution is 5.86. The zero-order chi connectivity index (χ0) is 16.5. The summed E-state index contributed by atoms with van der Waals surface area (Å²) >= 11 is 0. The van der Waals surface area contributed by atoms with Gasteiger partial charge in [0.15, 0.2) is 0 Å². The number of carbonyl (C=O) groups is 2. The summed E-state index contributed by atoms with van der Waals surface area (Å²) in [5.41, 5.74) is 0.621. The normalized spacial score (nSPS) is 31.6. The van der Waals surface area contributed by atoms with Crippen LogP contribution in [0.15, 0.2) is 12.2 Å². The summed E-state index contributed by atoms with van der Waals surface area (Å²) in [6.45, 7) is 12.2. The van der Waals surface area contributed by atoms with Crippen LogP contribution in [0.3, 0.4) is 0 Å². The first-order chi connectivity index (χ1) is 10.2. The number of hydrogen-bond acceptors (Lipinski definition) is 4. The molecular formula is C17H27NO4. The second-order valence-electron chi connectivity index (χ2n) is 7.35. The minimum Gasteiger partial charge on any atom is -0.460 e. The maximum Gasteiger partial charge on any atom is 0.407 e. The van der Waals surface area contributed by atoms with Crippen LogP contribution in [0.5, 0.6) is 0 Å². The predicted molar refractivity (Wildman–Crippen MR) is 83.3 cm³/mol. The van der Waals surface area contributed by atoms with Crippen molar-refractivity contribution in [2.75, 3.05) is 13.2 Å². The van der Waals surface area contributed by atoms with E-state index in [1.807, 2.05) is 0 Å². The molecule has 0 aromatic rings. The molecule has 2 aliphatic rings. The molecule has 2 aliphatic carbocycles. The van der Waals surface area contributed by atoms with Gasteiger partial charge in [-0.15, -0.1) is 0 Å². The standard InChI is InChI=1S/C17H27NO4/c1-11(2)14(19)21-9-8-18-15(20)22-13-10-12-6-7-17(13,5)16(12,3)4/h12-13H,1,6-10H2,2-5H3,(H,18,20). The van der Waals surface area contributed by atoms with Gasteiger partial charge in [-0.25, -0.2) is 9.59 Å². The fourth-order valence-corrected chi connectivity index (χ4v) is 3.90. The number of carbonyl (C=O) groups excluding carboxylic acids is 2. The molecule has 1 N–H and O–H groups in total. The molecule has 0 heterocycles. The number of ether oxygens (including phenoxy) is 2. The Morgan fingerprint density at radius 3 is 2.50 bits per heavy atom. The monoisotopic (exact) mass is 309 g/mol. The molecule has 5 nitrogen and oxygen atoms in total. The molecule has 0 aromatic heterocycles. The van der Waals surface area contributed by atoms with Crippen LogP contribution in [0.1, 0.15) is 47.0 Å². The Morgan fingerprint density at radius 2 is 2.00 bits per heavy atom. The Kier molecular flexibility index (Phi) is 4.54. The van der Waals surface area contributed by atoms with Gasteiger partial charge in [-0.05, 0) is 37.5 Å². The van der Waals surface area contributed by atoms with Crippen LogP contribution >= 0.6 is 0 Å². The SMILES string of the molecule is C=C(C)C(=O)OCCNC(=O)OC1CC2CCC1(C)C2(C)C. The van der Waals surface area contributed by atoms with E-state index in [4.69, 9.17) is 9.47 Å². The van der Waals surface area contributed by atoms with Crippen molar-refractivity contribution < 1.29 is 19.1 Å². The van der Waals surface area contributed by atoms with E-state index in [-0.39, 0.29) is 30.1 Å². The highest BCUT2D eigenvalue weighted by Crippen LogP contribution is 2.66. The van der Waals surface area contributed by atoms with Crippen molar-refractivity contribution in [2.45, 2.75) is 53.1 Å². The van der Waals surface area contributed by atoms with E-state index in [2.05, 4.69) is 32.7 Å². The molecule has 3 unspecified atom stereocenters. The average molecular weight is 309 g/mol. The molecule has 5 heteroatoms. The quantitative estimate of drug-likeness (QED) is 0.481. The smallest absolute Gasteiger partial charge is 0.407 e. The summed E-state index contributed by atoms with van der Waals surface area (Å²) in [5, 5.41) is 2.64. The van der Waals surface area contributed by atoms with Crippen molar-refractivity contribution in [2.24, 2.45) is 16.7 Å². The van der Waals surface area contributed by atoms with Crippen LogP contribution in [-0.4, -0.2) is 31.3 Å². The Hall–Kier alpha value is -1.52. The molecule has 2 bridgehead atoms. The van der Waals surface area contributed by atoms with E-state index >= 15 is 0 Å². The second-order valence-corrected chi connectivity index (χ2v) is 7.35. The number of hydrogen-bond donors (Lipinski definition) is 1. The summed E-state index contributed by atoms with van der Waals surface area (Å²) in [5.74, 6) is 0.185.